The predicted octanol–water partition coefficient (Wildman–Crippen LogP) is 4.84. The number of hydrogen-bond donors (Lipinski definition) is 1. The number of esters is 2. The van der Waals surface area contributed by atoms with Gasteiger partial charge in [0.15, 0.2) is 0 Å². The highest BCUT2D eigenvalue weighted by atomic mass is 32.1. The largest absolute Gasteiger partial charge is 0.466 e. The Bertz CT molecular complexity index is 1190. The highest BCUT2D eigenvalue weighted by Gasteiger charge is 2.39. The lowest BCUT2D eigenvalue weighted by atomic mass is 9.80. The minimum Gasteiger partial charge on any atom is -0.466 e. The monoisotopic (exact) mass is 468 g/mol. The fourth-order valence-corrected chi connectivity index (χ4v) is 4.64. The van der Waals surface area contributed by atoms with Gasteiger partial charge in [-0.15, -0.1) is 11.3 Å². The lowest BCUT2D eigenvalue weighted by Crippen LogP contribution is -2.32. The summed E-state index contributed by atoms with van der Waals surface area (Å²) in [5.41, 5.74) is 2.37. The molecule has 2 heterocycles. The Morgan fingerprint density at radius 1 is 1.18 bits per heavy atom. The molecule has 0 bridgehead atoms. The average Bonchev–Trinajstić information content (AvgIpc) is 3.21. The van der Waals surface area contributed by atoms with Gasteiger partial charge in [0.1, 0.15) is 6.10 Å². The maximum Gasteiger partial charge on any atom is 0.337 e. The molecule has 0 spiro atoms. The van der Waals surface area contributed by atoms with Gasteiger partial charge in [-0.1, -0.05) is 18.7 Å². The van der Waals surface area contributed by atoms with Crippen LogP contribution in [0.5, 0.6) is 0 Å². The number of nitro benzene ring substituents is 1. The number of ether oxygens (including phenoxy) is 2. The van der Waals surface area contributed by atoms with Crippen LogP contribution in [-0.4, -0.2) is 24.0 Å². The lowest BCUT2D eigenvalue weighted by molar-refractivity contribution is -0.384. The van der Waals surface area contributed by atoms with Crippen molar-refractivity contribution in [3.8, 4) is 0 Å². The number of hydrogen-bond acceptors (Lipinski definition) is 8. The first-order valence-corrected chi connectivity index (χ1v) is 11.0. The average molecular weight is 469 g/mol. The van der Waals surface area contributed by atoms with E-state index in [0.29, 0.717) is 17.0 Å². The molecule has 1 N–H and O–H groups in total. The molecule has 1 aromatic heterocycles. The van der Waals surface area contributed by atoms with Crippen LogP contribution in [0.15, 0.2) is 70.9 Å². The highest BCUT2D eigenvalue weighted by Crippen LogP contribution is 2.41. The first kappa shape index (κ1) is 23.9. The van der Waals surface area contributed by atoms with Gasteiger partial charge in [-0.3, -0.25) is 10.1 Å². The summed E-state index contributed by atoms with van der Waals surface area (Å²) in [6.45, 7) is 9.09. The number of non-ortho nitro benzene ring substituents is 1. The van der Waals surface area contributed by atoms with Crippen LogP contribution < -0.4 is 5.32 Å². The molecule has 172 valence electrons. The summed E-state index contributed by atoms with van der Waals surface area (Å²) in [5.74, 6) is -2.23. The number of allylic oxidation sites excluding steroid dienone is 2. The van der Waals surface area contributed by atoms with Crippen LogP contribution in [0.1, 0.15) is 41.9 Å². The summed E-state index contributed by atoms with van der Waals surface area (Å²) in [7, 11) is 1.24. The molecule has 0 saturated carbocycles. The maximum absolute atomic E-state index is 13.5. The Morgan fingerprint density at radius 2 is 1.85 bits per heavy atom. The molecule has 9 heteroatoms. The molecule has 3 rings (SSSR count). The van der Waals surface area contributed by atoms with Gasteiger partial charge >= 0.3 is 11.9 Å². The fraction of sp³-hybridized carbons (Fsp3) is 0.250. The second-order valence-electron chi connectivity index (χ2n) is 7.47. The summed E-state index contributed by atoms with van der Waals surface area (Å²) >= 11 is 1.52. The number of nitrogens with zero attached hydrogens (tertiary/aromatic N) is 1. The molecule has 1 aromatic carbocycles. The van der Waals surface area contributed by atoms with Crippen LogP contribution in [0.2, 0.25) is 0 Å². The van der Waals surface area contributed by atoms with Crippen molar-refractivity contribution in [1.29, 1.82) is 0 Å². The number of carbonyl (C=O) groups excluding carboxylic acids is 2. The number of benzene rings is 1. The number of dihydropyridines is 1. The van der Waals surface area contributed by atoms with Crippen LogP contribution in [0.3, 0.4) is 0 Å². The molecule has 1 aliphatic heterocycles. The van der Waals surface area contributed by atoms with E-state index in [2.05, 4.69) is 11.9 Å². The maximum atomic E-state index is 13.5. The van der Waals surface area contributed by atoms with Crippen molar-refractivity contribution >= 4 is 29.0 Å². The number of nitro groups is 1. The van der Waals surface area contributed by atoms with Crippen LogP contribution in [-0.2, 0) is 19.1 Å². The third kappa shape index (κ3) is 4.73. The standard InChI is InChI=1S/C24H24N2O6S/c1-6-19(18-10-11-33-15(18)4)32-24(28)21-14(3)25-13(2)20(23(27)31-5)22(21)16-8-7-9-17(12-16)26(29)30/h6-12,19,22,25H,1H2,2-5H3. The molecule has 0 radical (unpaired) electrons. The van der Waals surface area contributed by atoms with Gasteiger partial charge < -0.3 is 14.8 Å². The Balaban J connectivity index is 2.11. The first-order chi connectivity index (χ1) is 15.7. The number of carbonyl (C=O) groups is 2. The molecule has 0 amide bonds. The molecule has 8 nitrogen and oxygen atoms in total. The zero-order chi connectivity index (χ0) is 24.3. The third-order valence-electron chi connectivity index (χ3n) is 5.45. The zero-order valence-electron chi connectivity index (χ0n) is 18.7. The minimum atomic E-state index is -0.917. The van der Waals surface area contributed by atoms with E-state index in [-0.39, 0.29) is 16.8 Å². The molecule has 2 atom stereocenters. The van der Waals surface area contributed by atoms with Gasteiger partial charge in [0.05, 0.1) is 29.1 Å². The number of rotatable bonds is 7. The second-order valence-corrected chi connectivity index (χ2v) is 8.59. The number of nitrogens with one attached hydrogen (secondary N) is 1. The topological polar surface area (TPSA) is 108 Å². The Morgan fingerprint density at radius 3 is 2.39 bits per heavy atom. The Labute approximate surface area is 195 Å². The molecule has 1 aliphatic rings. The van der Waals surface area contributed by atoms with Gasteiger partial charge in [-0.2, -0.15) is 0 Å². The van der Waals surface area contributed by atoms with E-state index in [9.17, 15) is 19.7 Å². The van der Waals surface area contributed by atoms with Crippen molar-refractivity contribution in [2.24, 2.45) is 0 Å². The molecule has 0 aliphatic carbocycles. The van der Waals surface area contributed by atoms with E-state index >= 15 is 0 Å². The predicted molar refractivity (Wildman–Crippen MR) is 124 cm³/mol. The van der Waals surface area contributed by atoms with Gasteiger partial charge in [-0.25, -0.2) is 9.59 Å². The molecule has 0 saturated heterocycles. The van der Waals surface area contributed by atoms with E-state index in [1.165, 1.54) is 42.7 Å². The van der Waals surface area contributed by atoms with Gasteiger partial charge in [0.25, 0.3) is 5.69 Å². The smallest absolute Gasteiger partial charge is 0.337 e. The van der Waals surface area contributed by atoms with Crippen LogP contribution in [0.25, 0.3) is 0 Å². The van der Waals surface area contributed by atoms with Crippen LogP contribution >= 0.6 is 11.3 Å². The zero-order valence-corrected chi connectivity index (χ0v) is 19.5. The summed E-state index contributed by atoms with van der Waals surface area (Å²) in [6.07, 6.45) is 0.840. The molecule has 2 aromatic rings. The summed E-state index contributed by atoms with van der Waals surface area (Å²) in [5, 5.41) is 16.3. The number of aryl methyl sites for hydroxylation is 1. The Hall–Kier alpha value is -3.72. The molecule has 33 heavy (non-hydrogen) atoms. The van der Waals surface area contributed by atoms with E-state index in [1.807, 2.05) is 18.4 Å². The third-order valence-corrected chi connectivity index (χ3v) is 6.31. The van der Waals surface area contributed by atoms with Crippen molar-refractivity contribution in [1.82, 2.24) is 5.32 Å². The molecular weight excluding hydrogens is 444 g/mol. The molecular formula is C24H24N2O6S. The summed E-state index contributed by atoms with van der Waals surface area (Å²) in [6, 6.07) is 7.70. The van der Waals surface area contributed by atoms with Crippen molar-refractivity contribution in [3.63, 3.8) is 0 Å². The quantitative estimate of drug-likeness (QED) is 0.268. The van der Waals surface area contributed by atoms with E-state index in [0.717, 1.165) is 10.4 Å². The SMILES string of the molecule is C=CC(OC(=O)C1=C(C)NC(C)=C(C(=O)OC)C1c1cccc([N+](=O)[O-])c1)c1ccsc1C. The fourth-order valence-electron chi connectivity index (χ4n) is 3.90. The van der Waals surface area contributed by atoms with Crippen molar-refractivity contribution in [2.45, 2.75) is 32.8 Å². The molecule has 2 unspecified atom stereocenters. The second kappa shape index (κ2) is 9.83. The normalized spacial score (nSPS) is 16.7. The molecule has 0 fully saturated rings. The number of thiophene rings is 1. The first-order valence-electron chi connectivity index (χ1n) is 10.1. The van der Waals surface area contributed by atoms with E-state index in [1.54, 1.807) is 19.9 Å². The minimum absolute atomic E-state index is 0.156. The van der Waals surface area contributed by atoms with Crippen molar-refractivity contribution in [3.05, 3.63) is 97.0 Å². The lowest BCUT2D eigenvalue weighted by Gasteiger charge is -2.30. The van der Waals surface area contributed by atoms with E-state index < -0.39 is 28.9 Å². The highest BCUT2D eigenvalue weighted by molar-refractivity contribution is 7.10. The van der Waals surface area contributed by atoms with E-state index in [4.69, 9.17) is 9.47 Å². The van der Waals surface area contributed by atoms with Crippen molar-refractivity contribution < 1.29 is 24.0 Å². The van der Waals surface area contributed by atoms with Crippen LogP contribution in [0.4, 0.5) is 5.69 Å². The van der Waals surface area contributed by atoms with Gasteiger partial charge in [0.2, 0.25) is 0 Å². The Kier molecular flexibility index (Phi) is 7.13. The van der Waals surface area contributed by atoms with Crippen LogP contribution in [0, 0.1) is 17.0 Å². The van der Waals surface area contributed by atoms with Gasteiger partial charge in [0, 0.05) is 34.0 Å². The van der Waals surface area contributed by atoms with Gasteiger partial charge in [-0.05, 0) is 43.9 Å². The van der Waals surface area contributed by atoms with Crippen molar-refractivity contribution in [2.75, 3.05) is 7.11 Å². The summed E-state index contributed by atoms with van der Waals surface area (Å²) < 4.78 is 10.8. The number of methoxy groups -OCH3 is 1. The summed E-state index contributed by atoms with van der Waals surface area (Å²) in [4.78, 5) is 38.0.